The molecule has 0 spiro atoms. The van der Waals surface area contributed by atoms with Gasteiger partial charge in [-0.3, -0.25) is 15.1 Å². The van der Waals surface area contributed by atoms with Gasteiger partial charge in [0.1, 0.15) is 11.8 Å². The molecule has 3 aromatic heterocycles. The van der Waals surface area contributed by atoms with Crippen LogP contribution in [0.5, 0.6) is 0 Å². The van der Waals surface area contributed by atoms with Crippen molar-refractivity contribution < 1.29 is 0 Å². The Morgan fingerprint density at radius 1 is 1.26 bits per heavy atom. The number of aryl methyl sites for hydroxylation is 1. The van der Waals surface area contributed by atoms with Gasteiger partial charge in [0.2, 0.25) is 0 Å². The number of nitrogens with zero attached hydrogens (tertiary/aromatic N) is 4. The lowest BCUT2D eigenvalue weighted by molar-refractivity contribution is 0.583. The zero-order valence-corrected chi connectivity index (χ0v) is 15.3. The summed E-state index contributed by atoms with van der Waals surface area (Å²) in [6.45, 7) is 0. The Kier molecular flexibility index (Phi) is 3.84. The molecule has 1 aliphatic carbocycles. The van der Waals surface area contributed by atoms with Gasteiger partial charge in [0.25, 0.3) is 0 Å². The highest BCUT2D eigenvalue weighted by Crippen LogP contribution is 2.34. The summed E-state index contributed by atoms with van der Waals surface area (Å²) in [5.74, 6) is 0. The zero-order chi connectivity index (χ0) is 18.2. The maximum absolute atomic E-state index is 9.11. The van der Waals surface area contributed by atoms with Gasteiger partial charge in [-0.15, -0.1) is 11.3 Å². The first kappa shape index (κ1) is 16.0. The van der Waals surface area contributed by atoms with E-state index in [-0.39, 0.29) is 6.04 Å². The lowest BCUT2D eigenvalue weighted by Crippen LogP contribution is -2.19. The van der Waals surface area contributed by atoms with E-state index in [1.54, 1.807) is 17.5 Å². The van der Waals surface area contributed by atoms with Crippen LogP contribution in [-0.4, -0.2) is 20.2 Å². The van der Waals surface area contributed by atoms with E-state index < -0.39 is 0 Å². The largest absolute Gasteiger partial charge is 0.377 e. The molecule has 0 amide bonds. The van der Waals surface area contributed by atoms with Gasteiger partial charge in [0, 0.05) is 23.5 Å². The van der Waals surface area contributed by atoms with E-state index in [1.807, 2.05) is 23.8 Å². The summed E-state index contributed by atoms with van der Waals surface area (Å²) < 4.78 is 0. The highest BCUT2D eigenvalue weighted by molar-refractivity contribution is 7.13. The predicted molar refractivity (Wildman–Crippen MR) is 105 cm³/mol. The van der Waals surface area contributed by atoms with Crippen molar-refractivity contribution in [2.24, 2.45) is 0 Å². The van der Waals surface area contributed by atoms with Crippen LogP contribution in [0.2, 0.25) is 0 Å². The SMILES string of the molecule is N#Cc1cnc2c(c1)CCCC2Nc1ccc2[nH]nc(-c3cncs3)c2c1. The van der Waals surface area contributed by atoms with E-state index in [2.05, 4.69) is 43.7 Å². The van der Waals surface area contributed by atoms with Crippen molar-refractivity contribution in [1.29, 1.82) is 5.26 Å². The molecule has 27 heavy (non-hydrogen) atoms. The number of nitrogens with one attached hydrogen (secondary N) is 2. The molecule has 0 saturated carbocycles. The van der Waals surface area contributed by atoms with E-state index in [1.165, 1.54) is 5.56 Å². The van der Waals surface area contributed by atoms with Crippen LogP contribution in [0.4, 0.5) is 5.69 Å². The standard InChI is InChI=1S/C20H16N6S/c21-8-12-6-13-2-1-3-17(19(13)23-9-12)24-14-4-5-16-15(7-14)20(26-25-16)18-10-22-11-27-18/h4-7,9-11,17,24H,1-3H2,(H,25,26). The number of benzene rings is 1. The fourth-order valence-electron chi connectivity index (χ4n) is 3.70. The van der Waals surface area contributed by atoms with Crippen LogP contribution in [0.1, 0.15) is 35.7 Å². The third-order valence-corrected chi connectivity index (χ3v) is 5.75. The number of hydrogen-bond donors (Lipinski definition) is 2. The second-order valence-electron chi connectivity index (χ2n) is 6.67. The Labute approximate surface area is 159 Å². The average molecular weight is 372 g/mol. The van der Waals surface area contributed by atoms with E-state index >= 15 is 0 Å². The van der Waals surface area contributed by atoms with Crippen molar-refractivity contribution in [1.82, 2.24) is 20.2 Å². The van der Waals surface area contributed by atoms with Crippen LogP contribution in [0.25, 0.3) is 21.5 Å². The Morgan fingerprint density at radius 3 is 3.07 bits per heavy atom. The number of pyridine rings is 1. The topological polar surface area (TPSA) is 90.3 Å². The van der Waals surface area contributed by atoms with Gasteiger partial charge >= 0.3 is 0 Å². The van der Waals surface area contributed by atoms with Crippen LogP contribution in [-0.2, 0) is 6.42 Å². The normalized spacial score (nSPS) is 16.0. The first-order valence-electron chi connectivity index (χ1n) is 8.84. The summed E-state index contributed by atoms with van der Waals surface area (Å²) in [7, 11) is 0. The molecule has 1 aliphatic rings. The molecule has 0 saturated heterocycles. The maximum atomic E-state index is 9.11. The van der Waals surface area contributed by atoms with Gasteiger partial charge in [-0.25, -0.2) is 0 Å². The first-order chi connectivity index (χ1) is 13.3. The second kappa shape index (κ2) is 6.49. The molecule has 0 fully saturated rings. The van der Waals surface area contributed by atoms with E-state index in [4.69, 9.17) is 5.26 Å². The average Bonchev–Trinajstić information content (AvgIpc) is 3.37. The third-order valence-electron chi connectivity index (χ3n) is 4.97. The summed E-state index contributed by atoms with van der Waals surface area (Å²) in [5.41, 5.74) is 7.64. The van der Waals surface area contributed by atoms with Crippen molar-refractivity contribution in [3.63, 3.8) is 0 Å². The highest BCUT2D eigenvalue weighted by Gasteiger charge is 2.22. The summed E-state index contributed by atoms with van der Waals surface area (Å²) in [6, 6.07) is 10.5. The van der Waals surface area contributed by atoms with Crippen molar-refractivity contribution >= 4 is 27.9 Å². The van der Waals surface area contributed by atoms with Gasteiger partial charge in [-0.2, -0.15) is 10.4 Å². The fourth-order valence-corrected chi connectivity index (χ4v) is 4.32. The molecule has 1 atom stereocenters. The Morgan fingerprint density at radius 2 is 2.22 bits per heavy atom. The highest BCUT2D eigenvalue weighted by atomic mass is 32.1. The molecular formula is C20H16N6S. The van der Waals surface area contributed by atoms with Gasteiger partial charge in [0.05, 0.1) is 33.2 Å². The summed E-state index contributed by atoms with van der Waals surface area (Å²) >= 11 is 1.58. The summed E-state index contributed by atoms with van der Waals surface area (Å²) in [6.07, 6.45) is 6.60. The minimum Gasteiger partial charge on any atom is -0.377 e. The van der Waals surface area contributed by atoms with Gasteiger partial charge < -0.3 is 5.32 Å². The Balaban J connectivity index is 1.49. The summed E-state index contributed by atoms with van der Waals surface area (Å²) in [5, 5.41) is 21.4. The molecule has 3 heterocycles. The maximum Gasteiger partial charge on any atom is 0.112 e. The van der Waals surface area contributed by atoms with E-state index in [0.29, 0.717) is 5.56 Å². The van der Waals surface area contributed by atoms with Crippen molar-refractivity contribution in [2.75, 3.05) is 5.32 Å². The number of thiazole rings is 1. The molecule has 7 heteroatoms. The Hall–Kier alpha value is -3.24. The van der Waals surface area contributed by atoms with Crippen LogP contribution >= 0.6 is 11.3 Å². The van der Waals surface area contributed by atoms with Gasteiger partial charge in [-0.1, -0.05) is 0 Å². The van der Waals surface area contributed by atoms with Crippen LogP contribution in [0, 0.1) is 11.3 Å². The lowest BCUT2D eigenvalue weighted by atomic mass is 9.91. The first-order valence-corrected chi connectivity index (χ1v) is 9.72. The van der Waals surface area contributed by atoms with Crippen molar-refractivity contribution in [3.8, 4) is 16.6 Å². The molecule has 0 bridgehead atoms. The number of H-pyrrole nitrogens is 1. The number of nitriles is 1. The molecule has 6 nitrogen and oxygen atoms in total. The quantitative estimate of drug-likeness (QED) is 0.555. The number of aromatic amines is 1. The minimum absolute atomic E-state index is 0.151. The van der Waals surface area contributed by atoms with Crippen LogP contribution < -0.4 is 5.32 Å². The van der Waals surface area contributed by atoms with Crippen molar-refractivity contribution in [2.45, 2.75) is 25.3 Å². The molecule has 1 aromatic carbocycles. The number of rotatable bonds is 3. The molecule has 2 N–H and O–H groups in total. The van der Waals surface area contributed by atoms with Crippen LogP contribution in [0.3, 0.4) is 0 Å². The van der Waals surface area contributed by atoms with Crippen molar-refractivity contribution in [3.05, 3.63) is 59.0 Å². The van der Waals surface area contributed by atoms with E-state index in [9.17, 15) is 0 Å². The number of aromatic nitrogens is 4. The zero-order valence-electron chi connectivity index (χ0n) is 14.4. The number of hydrogen-bond acceptors (Lipinski definition) is 6. The monoisotopic (exact) mass is 372 g/mol. The molecule has 5 rings (SSSR count). The van der Waals surface area contributed by atoms with Gasteiger partial charge in [0.15, 0.2) is 0 Å². The lowest BCUT2D eigenvalue weighted by Gasteiger charge is -2.26. The number of anilines is 1. The van der Waals surface area contributed by atoms with Crippen LogP contribution in [0.15, 0.2) is 42.2 Å². The summed E-state index contributed by atoms with van der Waals surface area (Å²) in [4.78, 5) is 9.77. The molecule has 0 aliphatic heterocycles. The van der Waals surface area contributed by atoms with E-state index in [0.717, 1.165) is 52.1 Å². The third kappa shape index (κ3) is 2.84. The predicted octanol–water partition coefficient (Wildman–Crippen LogP) is 4.44. The molecule has 4 aromatic rings. The Bertz CT molecular complexity index is 1160. The molecule has 132 valence electrons. The molecule has 0 radical (unpaired) electrons. The fraction of sp³-hybridized carbons (Fsp3) is 0.200. The number of fused-ring (bicyclic) bond motifs is 2. The molecule has 1 unspecified atom stereocenters. The minimum atomic E-state index is 0.151. The smallest absolute Gasteiger partial charge is 0.112 e. The molecular weight excluding hydrogens is 356 g/mol. The second-order valence-corrected chi connectivity index (χ2v) is 7.55. The van der Waals surface area contributed by atoms with Gasteiger partial charge in [-0.05, 0) is 49.1 Å².